The Balaban J connectivity index is 1.53. The molecule has 3 aromatic rings. The Morgan fingerprint density at radius 3 is 2.36 bits per heavy atom. The fraction of sp³-hybridized carbons (Fsp3) is 0.452. The number of carbonyl (C=O) groups excluding carboxylic acids is 1. The van der Waals surface area contributed by atoms with E-state index in [4.69, 9.17) is 4.98 Å². The first-order valence-electron chi connectivity index (χ1n) is 14.0. The van der Waals surface area contributed by atoms with E-state index in [1.807, 2.05) is 44.0 Å². The van der Waals surface area contributed by atoms with Crippen molar-refractivity contribution in [3.8, 4) is 0 Å². The molecule has 39 heavy (non-hydrogen) atoms. The largest absolute Gasteiger partial charge is 0.344 e. The summed E-state index contributed by atoms with van der Waals surface area (Å²) in [5.41, 5.74) is 3.07. The number of aromatic nitrogens is 2. The smallest absolute Gasteiger partial charge is 0.268 e. The van der Waals surface area contributed by atoms with Crippen molar-refractivity contribution in [1.29, 1.82) is 0 Å². The molecule has 1 fully saturated rings. The SMILES string of the molecule is CC(C)c1ccc(S(=O)(=O)NC(=O)c2cnc(N(C)CCc3ccccc3)nc2CCC2CCCCC2)cc1. The molecule has 0 saturated heterocycles. The van der Waals surface area contributed by atoms with Gasteiger partial charge in [-0.1, -0.05) is 88.4 Å². The normalized spacial score (nSPS) is 14.4. The van der Waals surface area contributed by atoms with Crippen LogP contribution < -0.4 is 9.62 Å². The Labute approximate surface area is 233 Å². The highest BCUT2D eigenvalue weighted by molar-refractivity contribution is 7.90. The molecule has 1 heterocycles. The Morgan fingerprint density at radius 1 is 1.00 bits per heavy atom. The van der Waals surface area contributed by atoms with Crippen LogP contribution in [0.15, 0.2) is 65.7 Å². The highest BCUT2D eigenvalue weighted by Gasteiger charge is 2.24. The molecule has 0 atom stereocenters. The predicted molar refractivity (Wildman–Crippen MR) is 156 cm³/mol. The zero-order chi connectivity index (χ0) is 27.8. The van der Waals surface area contributed by atoms with Gasteiger partial charge in [0.25, 0.3) is 15.9 Å². The van der Waals surface area contributed by atoms with Gasteiger partial charge in [-0.3, -0.25) is 4.79 Å². The Hall–Kier alpha value is -3.26. The van der Waals surface area contributed by atoms with Crippen molar-refractivity contribution in [2.45, 2.75) is 76.0 Å². The van der Waals surface area contributed by atoms with Crippen molar-refractivity contribution < 1.29 is 13.2 Å². The molecule has 1 saturated carbocycles. The van der Waals surface area contributed by atoms with Crippen molar-refractivity contribution >= 4 is 21.9 Å². The molecule has 8 heteroatoms. The second kappa shape index (κ2) is 13.2. The fourth-order valence-corrected chi connectivity index (χ4v) is 6.06. The van der Waals surface area contributed by atoms with Gasteiger partial charge < -0.3 is 4.90 Å². The summed E-state index contributed by atoms with van der Waals surface area (Å²) in [5.74, 6) is 0.727. The van der Waals surface area contributed by atoms with E-state index in [-0.39, 0.29) is 16.4 Å². The number of amides is 1. The molecule has 0 unspecified atom stereocenters. The summed E-state index contributed by atoms with van der Waals surface area (Å²) in [6, 6.07) is 16.9. The van der Waals surface area contributed by atoms with Crippen LogP contribution in [0.2, 0.25) is 0 Å². The number of likely N-dealkylation sites (N-methyl/N-ethyl adjacent to an activating group) is 1. The van der Waals surface area contributed by atoms with Crippen molar-refractivity contribution in [1.82, 2.24) is 14.7 Å². The minimum absolute atomic E-state index is 0.0576. The third-order valence-electron chi connectivity index (χ3n) is 7.62. The second-order valence-corrected chi connectivity index (χ2v) is 12.6. The van der Waals surface area contributed by atoms with Gasteiger partial charge in [0.05, 0.1) is 16.2 Å². The molecule has 0 bridgehead atoms. The van der Waals surface area contributed by atoms with Gasteiger partial charge in [-0.25, -0.2) is 23.1 Å². The number of hydrogen-bond acceptors (Lipinski definition) is 6. The molecular weight excluding hydrogens is 508 g/mol. The number of nitrogens with zero attached hydrogens (tertiary/aromatic N) is 3. The number of sulfonamides is 1. The minimum Gasteiger partial charge on any atom is -0.344 e. The van der Waals surface area contributed by atoms with Gasteiger partial charge in [-0.2, -0.15) is 0 Å². The van der Waals surface area contributed by atoms with Gasteiger partial charge in [0.1, 0.15) is 0 Å². The average molecular weight is 549 g/mol. The van der Waals surface area contributed by atoms with Gasteiger partial charge in [0, 0.05) is 19.8 Å². The first-order valence-corrected chi connectivity index (χ1v) is 15.5. The predicted octanol–water partition coefficient (Wildman–Crippen LogP) is 5.91. The average Bonchev–Trinajstić information content (AvgIpc) is 2.95. The lowest BCUT2D eigenvalue weighted by Gasteiger charge is -2.22. The molecule has 0 aliphatic heterocycles. The van der Waals surface area contributed by atoms with Crippen LogP contribution in [-0.2, 0) is 22.9 Å². The summed E-state index contributed by atoms with van der Waals surface area (Å²) in [5, 5.41) is 0. The second-order valence-electron chi connectivity index (χ2n) is 10.9. The van der Waals surface area contributed by atoms with Gasteiger partial charge in [-0.15, -0.1) is 0 Å². The zero-order valence-corrected chi connectivity index (χ0v) is 24.1. The Kier molecular flexibility index (Phi) is 9.73. The molecule has 1 aromatic heterocycles. The van der Waals surface area contributed by atoms with Crippen LogP contribution in [0.5, 0.6) is 0 Å². The molecule has 0 spiro atoms. The highest BCUT2D eigenvalue weighted by Crippen LogP contribution is 2.28. The first kappa shape index (κ1) is 28.7. The Morgan fingerprint density at radius 2 is 1.69 bits per heavy atom. The number of carbonyl (C=O) groups is 1. The molecule has 208 valence electrons. The van der Waals surface area contributed by atoms with Crippen LogP contribution in [0.25, 0.3) is 0 Å². The summed E-state index contributed by atoms with van der Waals surface area (Å²) in [6.45, 7) is 4.81. The molecular formula is C31H40N4O3S. The number of hydrogen-bond donors (Lipinski definition) is 1. The van der Waals surface area contributed by atoms with E-state index in [2.05, 4.69) is 21.8 Å². The van der Waals surface area contributed by atoms with Crippen LogP contribution >= 0.6 is 0 Å². The van der Waals surface area contributed by atoms with Crippen molar-refractivity contribution in [2.24, 2.45) is 5.92 Å². The van der Waals surface area contributed by atoms with Gasteiger partial charge in [0.2, 0.25) is 5.95 Å². The van der Waals surface area contributed by atoms with E-state index < -0.39 is 15.9 Å². The van der Waals surface area contributed by atoms with Crippen molar-refractivity contribution in [3.63, 3.8) is 0 Å². The lowest BCUT2D eigenvalue weighted by Crippen LogP contribution is -2.32. The molecule has 2 aromatic carbocycles. The summed E-state index contributed by atoms with van der Waals surface area (Å²) >= 11 is 0. The quantitative estimate of drug-likeness (QED) is 0.320. The van der Waals surface area contributed by atoms with E-state index >= 15 is 0 Å². The van der Waals surface area contributed by atoms with Crippen molar-refractivity contribution in [3.05, 3.63) is 83.2 Å². The monoisotopic (exact) mass is 548 g/mol. The topological polar surface area (TPSA) is 92.3 Å². The molecule has 1 aliphatic carbocycles. The summed E-state index contributed by atoms with van der Waals surface area (Å²) in [4.78, 5) is 24.6. The van der Waals surface area contributed by atoms with E-state index in [1.165, 1.54) is 56.0 Å². The van der Waals surface area contributed by atoms with Crippen molar-refractivity contribution in [2.75, 3.05) is 18.5 Å². The highest BCUT2D eigenvalue weighted by atomic mass is 32.2. The minimum atomic E-state index is -4.03. The Bertz CT molecular complexity index is 1340. The summed E-state index contributed by atoms with van der Waals surface area (Å²) < 4.78 is 28.3. The number of rotatable bonds is 11. The lowest BCUT2D eigenvalue weighted by molar-refractivity contribution is 0.0979. The van der Waals surface area contributed by atoms with Crippen LogP contribution in [-0.4, -0.2) is 37.9 Å². The number of nitrogens with one attached hydrogen (secondary N) is 1. The van der Waals surface area contributed by atoms with Gasteiger partial charge in [-0.05, 0) is 54.4 Å². The van der Waals surface area contributed by atoms with Crippen LogP contribution in [0.3, 0.4) is 0 Å². The van der Waals surface area contributed by atoms with Crippen LogP contribution in [0, 0.1) is 5.92 Å². The van der Waals surface area contributed by atoms with Crippen LogP contribution in [0.4, 0.5) is 5.95 Å². The molecule has 1 amide bonds. The lowest BCUT2D eigenvalue weighted by atomic mass is 9.85. The zero-order valence-electron chi connectivity index (χ0n) is 23.3. The van der Waals surface area contributed by atoms with E-state index in [9.17, 15) is 13.2 Å². The number of anilines is 1. The fourth-order valence-electron chi connectivity index (χ4n) is 5.10. The summed E-state index contributed by atoms with van der Waals surface area (Å²) in [7, 11) is -2.09. The maximum atomic E-state index is 13.3. The standard InChI is InChI=1S/C31H40N4O3S/c1-23(2)26-15-17-27(18-16-26)39(37,38)34-30(36)28-22-32-31(35(3)21-20-25-12-8-5-9-13-25)33-29(28)19-14-24-10-6-4-7-11-24/h5,8-9,12-13,15-18,22-24H,4,6-7,10-11,14,19-21H2,1-3H3,(H,34,36). The van der Waals surface area contributed by atoms with Gasteiger partial charge >= 0.3 is 0 Å². The first-order chi connectivity index (χ1) is 18.7. The van der Waals surface area contributed by atoms with Crippen LogP contribution in [0.1, 0.15) is 85.5 Å². The number of benzene rings is 2. The molecule has 1 N–H and O–H groups in total. The summed E-state index contributed by atoms with van der Waals surface area (Å²) in [6.07, 6.45) is 10.00. The molecule has 7 nitrogen and oxygen atoms in total. The van der Waals surface area contributed by atoms with E-state index in [0.29, 0.717) is 24.0 Å². The molecule has 0 radical (unpaired) electrons. The molecule has 4 rings (SSSR count). The van der Waals surface area contributed by atoms with E-state index in [0.717, 1.165) is 24.9 Å². The maximum Gasteiger partial charge on any atom is 0.268 e. The molecule has 1 aliphatic rings. The van der Waals surface area contributed by atoms with Gasteiger partial charge in [0.15, 0.2) is 0 Å². The van der Waals surface area contributed by atoms with E-state index in [1.54, 1.807) is 12.1 Å². The third kappa shape index (κ3) is 7.88. The number of aryl methyl sites for hydroxylation is 1. The third-order valence-corrected chi connectivity index (χ3v) is 8.96. The maximum absolute atomic E-state index is 13.3.